The van der Waals surface area contributed by atoms with Crippen LogP contribution in [0.2, 0.25) is 0 Å². The van der Waals surface area contributed by atoms with Crippen molar-refractivity contribution in [1.29, 1.82) is 0 Å². The zero-order valence-corrected chi connectivity index (χ0v) is 11.1. The van der Waals surface area contributed by atoms with E-state index in [1.807, 2.05) is 0 Å². The summed E-state index contributed by atoms with van der Waals surface area (Å²) in [6.45, 7) is 0. The molecule has 0 unspecified atom stereocenters. The van der Waals surface area contributed by atoms with E-state index >= 15 is 0 Å². The number of hydrogen-bond acceptors (Lipinski definition) is 4. The van der Waals surface area contributed by atoms with Gasteiger partial charge in [-0.05, 0) is 18.6 Å². The van der Waals surface area contributed by atoms with E-state index in [2.05, 4.69) is 10.1 Å². The molecule has 0 aliphatic carbocycles. The van der Waals surface area contributed by atoms with E-state index in [1.165, 1.54) is 7.11 Å². The molecule has 1 aliphatic heterocycles. The zero-order chi connectivity index (χ0) is 15.6. The zero-order valence-electron chi connectivity index (χ0n) is 11.1. The summed E-state index contributed by atoms with van der Waals surface area (Å²) in [5.41, 5.74) is -0.334. The van der Waals surface area contributed by atoms with Crippen molar-refractivity contribution in [2.24, 2.45) is 0 Å². The van der Waals surface area contributed by atoms with Crippen molar-refractivity contribution in [2.45, 2.75) is 18.9 Å². The number of imide groups is 1. The van der Waals surface area contributed by atoms with Gasteiger partial charge >= 0.3 is 12.0 Å². The Labute approximate surface area is 118 Å². The summed E-state index contributed by atoms with van der Waals surface area (Å²) < 4.78 is 31.0. The fourth-order valence-electron chi connectivity index (χ4n) is 1.98. The van der Waals surface area contributed by atoms with Crippen LogP contribution < -0.4 is 10.2 Å². The van der Waals surface area contributed by atoms with Crippen LogP contribution in [0.25, 0.3) is 0 Å². The number of amides is 3. The highest BCUT2D eigenvalue weighted by Crippen LogP contribution is 2.24. The number of ether oxygens (including phenoxy) is 1. The number of halogens is 2. The van der Waals surface area contributed by atoms with E-state index in [9.17, 15) is 23.2 Å². The maximum absolute atomic E-state index is 13.7. The van der Waals surface area contributed by atoms with Gasteiger partial charge in [0.2, 0.25) is 0 Å². The molecule has 1 saturated heterocycles. The molecular weight excluding hydrogens is 286 g/mol. The molecule has 3 amide bonds. The van der Waals surface area contributed by atoms with Crippen molar-refractivity contribution in [3.8, 4) is 0 Å². The van der Waals surface area contributed by atoms with Crippen molar-refractivity contribution in [3.05, 3.63) is 29.8 Å². The molecule has 8 heteroatoms. The van der Waals surface area contributed by atoms with E-state index in [-0.39, 0.29) is 18.5 Å². The van der Waals surface area contributed by atoms with Crippen LogP contribution in [0.3, 0.4) is 0 Å². The van der Waals surface area contributed by atoms with Crippen LogP contribution >= 0.6 is 0 Å². The van der Waals surface area contributed by atoms with E-state index < -0.39 is 35.6 Å². The number of carbonyl (C=O) groups excluding carboxylic acids is 3. The van der Waals surface area contributed by atoms with Crippen LogP contribution in [-0.2, 0) is 14.3 Å². The van der Waals surface area contributed by atoms with Gasteiger partial charge in [-0.25, -0.2) is 18.5 Å². The third-order valence-corrected chi connectivity index (χ3v) is 3.03. The number of urea groups is 1. The molecule has 1 aliphatic rings. The van der Waals surface area contributed by atoms with Gasteiger partial charge < -0.3 is 10.1 Å². The molecular formula is C13H12F2N2O4. The van der Waals surface area contributed by atoms with E-state index in [4.69, 9.17) is 0 Å². The summed E-state index contributed by atoms with van der Waals surface area (Å²) >= 11 is 0. The van der Waals surface area contributed by atoms with Crippen LogP contribution in [0.15, 0.2) is 18.2 Å². The third-order valence-electron chi connectivity index (χ3n) is 3.03. The number of benzene rings is 1. The summed E-state index contributed by atoms with van der Waals surface area (Å²) in [5.74, 6) is -3.06. The fourth-order valence-corrected chi connectivity index (χ4v) is 1.98. The molecule has 112 valence electrons. The minimum Gasteiger partial charge on any atom is -0.469 e. The predicted molar refractivity (Wildman–Crippen MR) is 67.4 cm³/mol. The molecule has 1 fully saturated rings. The van der Waals surface area contributed by atoms with Gasteiger partial charge in [0.25, 0.3) is 5.91 Å². The highest BCUT2D eigenvalue weighted by molar-refractivity contribution is 6.21. The topological polar surface area (TPSA) is 75.7 Å². The summed E-state index contributed by atoms with van der Waals surface area (Å²) in [5, 5.41) is 2.34. The van der Waals surface area contributed by atoms with Gasteiger partial charge in [0.1, 0.15) is 17.7 Å². The molecule has 0 spiro atoms. The lowest BCUT2D eigenvalue weighted by atomic mass is 10.1. The van der Waals surface area contributed by atoms with Gasteiger partial charge in [-0.3, -0.25) is 9.59 Å². The van der Waals surface area contributed by atoms with Crippen LogP contribution in [0.1, 0.15) is 12.8 Å². The van der Waals surface area contributed by atoms with E-state index in [1.54, 1.807) is 0 Å². The first-order chi connectivity index (χ1) is 9.93. The van der Waals surface area contributed by atoms with E-state index in [0.29, 0.717) is 11.0 Å². The smallest absolute Gasteiger partial charge is 0.329 e. The van der Waals surface area contributed by atoms with Gasteiger partial charge in [0, 0.05) is 12.5 Å². The number of nitrogens with zero attached hydrogens (tertiary/aromatic N) is 1. The molecule has 1 atom stereocenters. The Morgan fingerprint density at radius 2 is 2.10 bits per heavy atom. The lowest BCUT2D eigenvalue weighted by molar-refractivity contribution is -0.140. The first-order valence-electron chi connectivity index (χ1n) is 6.10. The van der Waals surface area contributed by atoms with Crippen LogP contribution in [-0.4, -0.2) is 31.1 Å². The van der Waals surface area contributed by atoms with E-state index in [0.717, 1.165) is 12.1 Å². The maximum atomic E-state index is 13.7. The highest BCUT2D eigenvalue weighted by Gasteiger charge is 2.40. The van der Waals surface area contributed by atoms with Gasteiger partial charge in [-0.1, -0.05) is 0 Å². The Morgan fingerprint density at radius 3 is 2.71 bits per heavy atom. The molecule has 0 aromatic heterocycles. The van der Waals surface area contributed by atoms with Gasteiger partial charge in [0.15, 0.2) is 0 Å². The van der Waals surface area contributed by atoms with Crippen molar-refractivity contribution in [2.75, 3.05) is 12.0 Å². The quantitative estimate of drug-likeness (QED) is 0.672. The molecule has 2 rings (SSSR count). The van der Waals surface area contributed by atoms with Crippen molar-refractivity contribution in [1.82, 2.24) is 5.32 Å². The average Bonchev–Trinajstić information content (AvgIpc) is 2.72. The molecule has 1 aromatic carbocycles. The summed E-state index contributed by atoms with van der Waals surface area (Å²) in [4.78, 5) is 35.5. The van der Waals surface area contributed by atoms with Gasteiger partial charge in [-0.15, -0.1) is 0 Å². The first kappa shape index (κ1) is 14.9. The monoisotopic (exact) mass is 298 g/mol. The van der Waals surface area contributed by atoms with Gasteiger partial charge in [0.05, 0.1) is 12.8 Å². The highest BCUT2D eigenvalue weighted by atomic mass is 19.1. The second-order valence-corrected chi connectivity index (χ2v) is 4.39. The van der Waals surface area contributed by atoms with Gasteiger partial charge in [-0.2, -0.15) is 0 Å². The lowest BCUT2D eigenvalue weighted by Gasteiger charge is -2.13. The van der Waals surface area contributed by atoms with Crippen LogP contribution in [0, 0.1) is 11.6 Å². The number of methoxy groups -OCH3 is 1. The van der Waals surface area contributed by atoms with Crippen LogP contribution in [0.5, 0.6) is 0 Å². The lowest BCUT2D eigenvalue weighted by Crippen LogP contribution is -2.32. The second kappa shape index (κ2) is 5.86. The fraction of sp³-hybridized carbons (Fsp3) is 0.308. The van der Waals surface area contributed by atoms with Crippen molar-refractivity contribution in [3.63, 3.8) is 0 Å². The Bertz CT molecular complexity index is 606. The minimum absolute atomic E-state index is 0.0383. The molecule has 6 nitrogen and oxygen atoms in total. The Morgan fingerprint density at radius 1 is 1.38 bits per heavy atom. The number of rotatable bonds is 4. The number of carbonyl (C=O) groups is 3. The average molecular weight is 298 g/mol. The SMILES string of the molecule is COC(=O)CC[C@H]1NC(=O)N(c2ccc(F)cc2F)C1=O. The molecule has 1 N–H and O–H groups in total. The Hall–Kier alpha value is -2.51. The maximum Gasteiger partial charge on any atom is 0.329 e. The Balaban J connectivity index is 2.16. The second-order valence-electron chi connectivity index (χ2n) is 4.39. The third kappa shape index (κ3) is 2.99. The normalized spacial score (nSPS) is 17.9. The standard InChI is InChI=1S/C13H12F2N2O4/c1-21-11(18)5-3-9-12(19)17(13(20)16-9)10-4-2-7(14)6-8(10)15/h2,4,6,9H,3,5H2,1H3,(H,16,20)/t9-/m1/s1. The molecule has 1 aromatic rings. The number of anilines is 1. The summed E-state index contributed by atoms with van der Waals surface area (Å²) in [7, 11) is 1.21. The molecule has 21 heavy (non-hydrogen) atoms. The number of nitrogens with one attached hydrogen (secondary N) is 1. The largest absolute Gasteiger partial charge is 0.469 e. The predicted octanol–water partition coefficient (Wildman–Crippen LogP) is 1.34. The Kier molecular flexibility index (Phi) is 4.15. The molecule has 0 radical (unpaired) electrons. The van der Waals surface area contributed by atoms with Crippen LogP contribution in [0.4, 0.5) is 19.3 Å². The van der Waals surface area contributed by atoms with Crippen molar-refractivity contribution >= 4 is 23.6 Å². The summed E-state index contributed by atoms with van der Waals surface area (Å²) in [6, 6.07) is 0.768. The minimum atomic E-state index is -1.02. The number of hydrogen-bond donors (Lipinski definition) is 1. The number of esters is 1. The molecule has 1 heterocycles. The molecule has 0 saturated carbocycles. The summed E-state index contributed by atoms with van der Waals surface area (Å²) in [6.07, 6.45) is -0.0243. The first-order valence-corrected chi connectivity index (χ1v) is 6.10. The van der Waals surface area contributed by atoms with Crippen molar-refractivity contribution < 1.29 is 27.9 Å². The molecule has 0 bridgehead atoms.